The zero-order valence-electron chi connectivity index (χ0n) is 13.5. The van der Waals surface area contributed by atoms with Crippen LogP contribution in [0.25, 0.3) is 0 Å². The Morgan fingerprint density at radius 1 is 1.48 bits per heavy atom. The lowest BCUT2D eigenvalue weighted by Gasteiger charge is -2.31. The molecule has 1 fully saturated rings. The van der Waals surface area contributed by atoms with E-state index in [2.05, 4.69) is 34.6 Å². The van der Waals surface area contributed by atoms with E-state index >= 15 is 0 Å². The van der Waals surface area contributed by atoms with Crippen LogP contribution in [0.4, 0.5) is 5.13 Å². The van der Waals surface area contributed by atoms with Gasteiger partial charge in [-0.2, -0.15) is 0 Å². The van der Waals surface area contributed by atoms with Gasteiger partial charge >= 0.3 is 0 Å². The molecule has 120 valence electrons. The summed E-state index contributed by atoms with van der Waals surface area (Å²) in [4.78, 5) is 9.46. The number of nitrogens with zero attached hydrogens (tertiary/aromatic N) is 3. The molecule has 0 unspecified atom stereocenters. The first-order valence-corrected chi connectivity index (χ1v) is 8.60. The second-order valence-corrected chi connectivity index (χ2v) is 6.75. The summed E-state index contributed by atoms with van der Waals surface area (Å²) in [5.41, 5.74) is 1.13. The van der Waals surface area contributed by atoms with Crippen molar-refractivity contribution < 1.29 is 4.74 Å². The van der Waals surface area contributed by atoms with E-state index in [4.69, 9.17) is 9.72 Å². The molecule has 0 atom stereocenters. The highest BCUT2D eigenvalue weighted by atomic mass is 32.1. The van der Waals surface area contributed by atoms with Crippen molar-refractivity contribution in [2.45, 2.75) is 19.4 Å². The number of anilines is 1. The first-order chi connectivity index (χ1) is 10.2. The van der Waals surface area contributed by atoms with Gasteiger partial charge in [0.15, 0.2) is 5.13 Å². The number of methoxy groups -OCH3 is 1. The number of hydrogen-bond acceptors (Lipinski definition) is 6. The number of rotatable bonds is 8. The lowest BCUT2D eigenvalue weighted by atomic mass is 9.97. The summed E-state index contributed by atoms with van der Waals surface area (Å²) in [5.74, 6) is 0.804. The number of hydrogen-bond donors (Lipinski definition) is 1. The normalized spacial score (nSPS) is 17.3. The van der Waals surface area contributed by atoms with Crippen LogP contribution in [0.15, 0.2) is 5.38 Å². The maximum Gasteiger partial charge on any atom is 0.185 e. The van der Waals surface area contributed by atoms with Crippen molar-refractivity contribution in [3.8, 4) is 0 Å². The van der Waals surface area contributed by atoms with Crippen molar-refractivity contribution in [2.24, 2.45) is 5.92 Å². The number of thiazole rings is 1. The van der Waals surface area contributed by atoms with Crippen molar-refractivity contribution in [3.63, 3.8) is 0 Å². The van der Waals surface area contributed by atoms with E-state index in [1.165, 1.54) is 25.9 Å². The average Bonchev–Trinajstić information content (AvgIpc) is 2.95. The molecule has 21 heavy (non-hydrogen) atoms. The number of ether oxygens (including phenoxy) is 1. The van der Waals surface area contributed by atoms with E-state index in [1.807, 2.05) is 0 Å². The van der Waals surface area contributed by atoms with Crippen LogP contribution in [0.5, 0.6) is 0 Å². The quantitative estimate of drug-likeness (QED) is 0.739. The van der Waals surface area contributed by atoms with E-state index in [0.29, 0.717) is 0 Å². The number of piperidine rings is 1. The number of nitrogens with one attached hydrogen (secondary N) is 1. The van der Waals surface area contributed by atoms with Crippen molar-refractivity contribution >= 4 is 16.5 Å². The molecule has 1 aliphatic rings. The van der Waals surface area contributed by atoms with Crippen LogP contribution < -0.4 is 10.2 Å². The Bertz CT molecular complexity index is 404. The third kappa shape index (κ3) is 5.54. The minimum Gasteiger partial charge on any atom is -0.383 e. The molecule has 0 aromatic carbocycles. The summed E-state index contributed by atoms with van der Waals surface area (Å²) in [7, 11) is 6.10. The fourth-order valence-corrected chi connectivity index (χ4v) is 3.46. The predicted molar refractivity (Wildman–Crippen MR) is 89.2 cm³/mol. The van der Waals surface area contributed by atoms with Crippen molar-refractivity contribution in [1.29, 1.82) is 0 Å². The molecule has 0 spiro atoms. The fraction of sp³-hybridized carbons (Fsp3) is 0.800. The Kier molecular flexibility index (Phi) is 6.89. The van der Waals surface area contributed by atoms with Gasteiger partial charge in [-0.1, -0.05) is 0 Å². The Morgan fingerprint density at radius 3 is 2.95 bits per heavy atom. The number of aromatic nitrogens is 1. The Labute approximate surface area is 132 Å². The van der Waals surface area contributed by atoms with Gasteiger partial charge in [0.05, 0.1) is 12.3 Å². The van der Waals surface area contributed by atoms with Crippen molar-refractivity contribution in [1.82, 2.24) is 15.2 Å². The molecule has 0 bridgehead atoms. The first kappa shape index (κ1) is 16.7. The van der Waals surface area contributed by atoms with Gasteiger partial charge in [0.2, 0.25) is 0 Å². The average molecular weight is 312 g/mol. The third-order valence-corrected chi connectivity index (χ3v) is 5.03. The first-order valence-electron chi connectivity index (χ1n) is 7.72. The summed E-state index contributed by atoms with van der Waals surface area (Å²) < 4.78 is 5.02. The van der Waals surface area contributed by atoms with Crippen LogP contribution in [-0.2, 0) is 11.3 Å². The van der Waals surface area contributed by atoms with E-state index in [1.54, 1.807) is 18.4 Å². The smallest absolute Gasteiger partial charge is 0.185 e. The molecule has 0 saturated carbocycles. The summed E-state index contributed by atoms with van der Waals surface area (Å²) >= 11 is 1.74. The molecule has 1 saturated heterocycles. The molecule has 5 nitrogen and oxygen atoms in total. The highest BCUT2D eigenvalue weighted by Crippen LogP contribution is 2.23. The highest BCUT2D eigenvalue weighted by molar-refractivity contribution is 7.13. The van der Waals surface area contributed by atoms with Gasteiger partial charge < -0.3 is 19.9 Å². The number of likely N-dealkylation sites (tertiary alicyclic amines) is 1. The van der Waals surface area contributed by atoms with E-state index in [9.17, 15) is 0 Å². The monoisotopic (exact) mass is 312 g/mol. The molecule has 1 N–H and O–H groups in total. The SMILES string of the molecule is COCCNCc1csc(N(C)CC2CCN(C)CC2)n1. The van der Waals surface area contributed by atoms with Crippen molar-refractivity contribution in [3.05, 3.63) is 11.1 Å². The molecule has 0 aliphatic carbocycles. The second-order valence-electron chi connectivity index (χ2n) is 5.92. The van der Waals surface area contributed by atoms with Crippen LogP contribution in [-0.4, -0.2) is 63.9 Å². The Morgan fingerprint density at radius 2 is 2.24 bits per heavy atom. The van der Waals surface area contributed by atoms with Gasteiger partial charge in [-0.05, 0) is 38.9 Å². The molecule has 0 amide bonds. The summed E-state index contributed by atoms with van der Waals surface area (Å²) in [6, 6.07) is 0. The molecule has 2 rings (SSSR count). The second kappa shape index (κ2) is 8.68. The lowest BCUT2D eigenvalue weighted by molar-refractivity contribution is 0.199. The minimum absolute atomic E-state index is 0.743. The van der Waals surface area contributed by atoms with Crippen LogP contribution >= 0.6 is 11.3 Å². The van der Waals surface area contributed by atoms with Gasteiger partial charge in [-0.25, -0.2) is 4.98 Å². The largest absolute Gasteiger partial charge is 0.383 e. The zero-order chi connectivity index (χ0) is 15.1. The highest BCUT2D eigenvalue weighted by Gasteiger charge is 2.19. The third-order valence-electron chi connectivity index (χ3n) is 4.03. The van der Waals surface area contributed by atoms with Crippen LogP contribution in [0.1, 0.15) is 18.5 Å². The molecular weight excluding hydrogens is 284 g/mol. The van der Waals surface area contributed by atoms with E-state index in [-0.39, 0.29) is 0 Å². The maximum atomic E-state index is 5.02. The zero-order valence-corrected chi connectivity index (χ0v) is 14.3. The van der Waals surface area contributed by atoms with Crippen molar-refractivity contribution in [2.75, 3.05) is 58.9 Å². The van der Waals surface area contributed by atoms with Gasteiger partial charge in [0.25, 0.3) is 0 Å². The Balaban J connectivity index is 1.74. The summed E-state index contributed by atoms with van der Waals surface area (Å²) in [6.45, 7) is 6.01. The van der Waals surface area contributed by atoms with Gasteiger partial charge in [-0.3, -0.25) is 0 Å². The molecule has 1 aromatic rings. The van der Waals surface area contributed by atoms with E-state index < -0.39 is 0 Å². The molecule has 6 heteroatoms. The summed E-state index contributed by atoms with van der Waals surface area (Å²) in [5, 5.41) is 6.63. The molecular formula is C15H28N4OS. The standard InChI is InChI=1S/C15H28N4OS/c1-18-7-4-13(5-8-18)11-19(2)15-17-14(12-21-15)10-16-6-9-20-3/h12-13,16H,4-11H2,1-3H3. The van der Waals surface area contributed by atoms with Crippen LogP contribution in [0.3, 0.4) is 0 Å². The van der Waals surface area contributed by atoms with Gasteiger partial charge in [-0.15, -0.1) is 11.3 Å². The van der Waals surface area contributed by atoms with E-state index in [0.717, 1.165) is 43.0 Å². The maximum absolute atomic E-state index is 5.02. The minimum atomic E-state index is 0.743. The molecule has 2 heterocycles. The lowest BCUT2D eigenvalue weighted by Crippen LogP contribution is -2.35. The van der Waals surface area contributed by atoms with Crippen LogP contribution in [0, 0.1) is 5.92 Å². The Hall–Kier alpha value is -0.690. The predicted octanol–water partition coefficient (Wildman–Crippen LogP) is 1.66. The topological polar surface area (TPSA) is 40.6 Å². The molecule has 1 aliphatic heterocycles. The molecule has 1 aromatic heterocycles. The summed E-state index contributed by atoms with van der Waals surface area (Å²) in [6.07, 6.45) is 2.61. The van der Waals surface area contributed by atoms with Crippen LogP contribution in [0.2, 0.25) is 0 Å². The molecule has 0 radical (unpaired) electrons. The van der Waals surface area contributed by atoms with Gasteiger partial charge in [0.1, 0.15) is 0 Å². The van der Waals surface area contributed by atoms with Gasteiger partial charge in [0, 0.05) is 39.2 Å². The fourth-order valence-electron chi connectivity index (χ4n) is 2.65.